The number of carbonyl (C=O) groups excluding carboxylic acids is 3. The first-order valence-corrected chi connectivity index (χ1v) is 10.5. The van der Waals surface area contributed by atoms with Gasteiger partial charge in [-0.15, -0.1) is 0 Å². The maximum atomic E-state index is 14.3. The van der Waals surface area contributed by atoms with Gasteiger partial charge in [0, 0.05) is 54.7 Å². The summed E-state index contributed by atoms with van der Waals surface area (Å²) >= 11 is 3.32. The standard InChI is InChI=1S/C22H23BrFN3O3/c1-15(28)17-4-7-20(19(24)14-17)26-10-12-27(13-11-26)21(29)8-9-25-22(30)16-2-5-18(23)6-3-16/h2-7,14H,8-13H2,1H3,(H,25,30). The lowest BCUT2D eigenvalue weighted by atomic mass is 10.1. The monoisotopic (exact) mass is 475 g/mol. The van der Waals surface area contributed by atoms with Crippen LogP contribution in [-0.4, -0.2) is 55.2 Å². The van der Waals surface area contributed by atoms with Crippen LogP contribution in [0, 0.1) is 5.82 Å². The van der Waals surface area contributed by atoms with E-state index in [1.54, 1.807) is 41.3 Å². The highest BCUT2D eigenvalue weighted by Gasteiger charge is 2.23. The van der Waals surface area contributed by atoms with Crippen molar-refractivity contribution in [3.8, 4) is 0 Å². The molecule has 1 aliphatic rings. The largest absolute Gasteiger partial charge is 0.366 e. The lowest BCUT2D eigenvalue weighted by Gasteiger charge is -2.36. The third-order valence-corrected chi connectivity index (χ3v) is 5.59. The summed E-state index contributed by atoms with van der Waals surface area (Å²) in [5.74, 6) is -0.871. The zero-order valence-corrected chi connectivity index (χ0v) is 18.2. The third-order valence-electron chi connectivity index (χ3n) is 5.06. The van der Waals surface area contributed by atoms with Gasteiger partial charge in [0.1, 0.15) is 5.82 Å². The van der Waals surface area contributed by atoms with E-state index in [4.69, 9.17) is 0 Å². The van der Waals surface area contributed by atoms with Crippen molar-refractivity contribution >= 4 is 39.2 Å². The average molecular weight is 476 g/mol. The number of amides is 2. The Hall–Kier alpha value is -2.74. The van der Waals surface area contributed by atoms with Crippen molar-refractivity contribution in [2.75, 3.05) is 37.6 Å². The van der Waals surface area contributed by atoms with E-state index in [0.29, 0.717) is 43.0 Å². The average Bonchev–Trinajstić information content (AvgIpc) is 2.74. The van der Waals surface area contributed by atoms with Crippen LogP contribution in [0.4, 0.5) is 10.1 Å². The molecule has 1 N–H and O–H groups in total. The third kappa shape index (κ3) is 5.44. The summed E-state index contributed by atoms with van der Waals surface area (Å²) in [5.41, 5.74) is 1.32. The van der Waals surface area contributed by atoms with Crippen LogP contribution in [0.3, 0.4) is 0 Å². The minimum absolute atomic E-state index is 0.0434. The highest BCUT2D eigenvalue weighted by atomic mass is 79.9. The highest BCUT2D eigenvalue weighted by Crippen LogP contribution is 2.22. The fourth-order valence-corrected chi connectivity index (χ4v) is 3.59. The van der Waals surface area contributed by atoms with Gasteiger partial charge in [0.15, 0.2) is 5.78 Å². The van der Waals surface area contributed by atoms with Crippen LogP contribution >= 0.6 is 15.9 Å². The first-order chi connectivity index (χ1) is 14.3. The number of halogens is 2. The van der Waals surface area contributed by atoms with Gasteiger partial charge in [-0.1, -0.05) is 15.9 Å². The Labute approximate surface area is 183 Å². The van der Waals surface area contributed by atoms with E-state index < -0.39 is 5.82 Å². The molecule has 0 radical (unpaired) electrons. The maximum Gasteiger partial charge on any atom is 0.251 e. The molecule has 30 heavy (non-hydrogen) atoms. The minimum atomic E-state index is -0.432. The Morgan fingerprint density at radius 2 is 1.63 bits per heavy atom. The van der Waals surface area contributed by atoms with Gasteiger partial charge < -0.3 is 15.1 Å². The molecule has 158 valence electrons. The lowest BCUT2D eigenvalue weighted by Crippen LogP contribution is -2.49. The first kappa shape index (κ1) is 22.0. The summed E-state index contributed by atoms with van der Waals surface area (Å²) in [6, 6.07) is 11.5. The quantitative estimate of drug-likeness (QED) is 0.650. The zero-order chi connectivity index (χ0) is 21.7. The molecule has 6 nitrogen and oxygen atoms in total. The van der Waals surface area contributed by atoms with Crippen molar-refractivity contribution in [2.45, 2.75) is 13.3 Å². The summed E-state index contributed by atoms with van der Waals surface area (Å²) < 4.78 is 15.2. The molecule has 0 saturated carbocycles. The molecule has 1 heterocycles. The Morgan fingerprint density at radius 1 is 1.00 bits per heavy atom. The summed E-state index contributed by atoms with van der Waals surface area (Å²) in [4.78, 5) is 39.5. The molecule has 8 heteroatoms. The van der Waals surface area contributed by atoms with Gasteiger partial charge in [-0.25, -0.2) is 4.39 Å². The number of nitrogens with zero attached hydrogens (tertiary/aromatic N) is 2. The predicted molar refractivity (Wildman–Crippen MR) is 116 cm³/mol. The van der Waals surface area contributed by atoms with Crippen LogP contribution in [0.2, 0.25) is 0 Å². The fourth-order valence-electron chi connectivity index (χ4n) is 3.32. The Bertz CT molecular complexity index is 941. The van der Waals surface area contributed by atoms with Gasteiger partial charge in [0.05, 0.1) is 5.69 Å². The second-order valence-electron chi connectivity index (χ2n) is 7.10. The van der Waals surface area contributed by atoms with Crippen molar-refractivity contribution < 1.29 is 18.8 Å². The Balaban J connectivity index is 1.45. The number of ketones is 1. The van der Waals surface area contributed by atoms with Crippen LogP contribution in [0.1, 0.15) is 34.1 Å². The first-order valence-electron chi connectivity index (χ1n) is 9.72. The number of Topliss-reactive ketones (excluding diaryl/α,β-unsaturated/α-hetero) is 1. The number of hydrogen-bond acceptors (Lipinski definition) is 4. The second kappa shape index (κ2) is 9.84. The van der Waals surface area contributed by atoms with Crippen LogP contribution in [-0.2, 0) is 4.79 Å². The number of nitrogens with one attached hydrogen (secondary N) is 1. The highest BCUT2D eigenvalue weighted by molar-refractivity contribution is 9.10. The van der Waals surface area contributed by atoms with E-state index in [1.807, 2.05) is 4.90 Å². The van der Waals surface area contributed by atoms with Crippen LogP contribution in [0.15, 0.2) is 46.9 Å². The van der Waals surface area contributed by atoms with E-state index >= 15 is 0 Å². The van der Waals surface area contributed by atoms with E-state index in [1.165, 1.54) is 13.0 Å². The summed E-state index contributed by atoms with van der Waals surface area (Å²) in [6.07, 6.45) is 0.212. The molecule has 0 bridgehead atoms. The summed E-state index contributed by atoms with van der Waals surface area (Å²) in [6.45, 7) is 3.64. The van der Waals surface area contributed by atoms with Crippen molar-refractivity contribution in [1.82, 2.24) is 10.2 Å². The van der Waals surface area contributed by atoms with Gasteiger partial charge >= 0.3 is 0 Å². The summed E-state index contributed by atoms with van der Waals surface area (Å²) in [7, 11) is 0. The van der Waals surface area contributed by atoms with E-state index in [2.05, 4.69) is 21.2 Å². The van der Waals surface area contributed by atoms with Crippen LogP contribution < -0.4 is 10.2 Å². The topological polar surface area (TPSA) is 69.7 Å². The SMILES string of the molecule is CC(=O)c1ccc(N2CCN(C(=O)CCNC(=O)c3ccc(Br)cc3)CC2)c(F)c1. The van der Waals surface area contributed by atoms with Crippen LogP contribution in [0.25, 0.3) is 0 Å². The van der Waals surface area contributed by atoms with E-state index in [0.717, 1.165) is 4.47 Å². The summed E-state index contributed by atoms with van der Waals surface area (Å²) in [5, 5.41) is 2.76. The van der Waals surface area contributed by atoms with Gasteiger partial charge in [-0.2, -0.15) is 0 Å². The molecule has 3 rings (SSSR count). The molecule has 1 fully saturated rings. The smallest absolute Gasteiger partial charge is 0.251 e. The molecular weight excluding hydrogens is 453 g/mol. The molecular formula is C22H23BrFN3O3. The maximum absolute atomic E-state index is 14.3. The molecule has 0 unspecified atom stereocenters. The van der Waals surface area contributed by atoms with Crippen molar-refractivity contribution in [1.29, 1.82) is 0 Å². The molecule has 0 aromatic heterocycles. The Morgan fingerprint density at radius 3 is 2.23 bits per heavy atom. The fraction of sp³-hybridized carbons (Fsp3) is 0.318. The van der Waals surface area contributed by atoms with Crippen molar-refractivity contribution in [3.05, 3.63) is 63.9 Å². The van der Waals surface area contributed by atoms with Crippen molar-refractivity contribution in [3.63, 3.8) is 0 Å². The van der Waals surface area contributed by atoms with Gasteiger partial charge in [-0.05, 0) is 49.4 Å². The van der Waals surface area contributed by atoms with Gasteiger partial charge in [0.2, 0.25) is 5.91 Å². The molecule has 0 aliphatic carbocycles. The number of hydrogen-bond donors (Lipinski definition) is 1. The minimum Gasteiger partial charge on any atom is -0.366 e. The number of rotatable bonds is 6. The number of piperazine rings is 1. The van der Waals surface area contributed by atoms with Gasteiger partial charge in [0.25, 0.3) is 5.91 Å². The predicted octanol–water partition coefficient (Wildman–Crippen LogP) is 3.26. The molecule has 0 atom stereocenters. The molecule has 2 aromatic rings. The number of benzene rings is 2. The number of carbonyl (C=O) groups is 3. The van der Waals surface area contributed by atoms with Crippen LogP contribution in [0.5, 0.6) is 0 Å². The van der Waals surface area contributed by atoms with Gasteiger partial charge in [-0.3, -0.25) is 14.4 Å². The number of anilines is 1. The van der Waals surface area contributed by atoms with Crippen molar-refractivity contribution in [2.24, 2.45) is 0 Å². The normalized spacial score (nSPS) is 13.8. The molecule has 2 aromatic carbocycles. The van der Waals surface area contributed by atoms with E-state index in [-0.39, 0.29) is 30.6 Å². The molecule has 2 amide bonds. The molecule has 0 spiro atoms. The molecule has 1 saturated heterocycles. The molecule has 1 aliphatic heterocycles. The van der Waals surface area contributed by atoms with E-state index in [9.17, 15) is 18.8 Å². The Kier molecular flexibility index (Phi) is 7.20. The second-order valence-corrected chi connectivity index (χ2v) is 8.02. The lowest BCUT2D eigenvalue weighted by molar-refractivity contribution is -0.131. The zero-order valence-electron chi connectivity index (χ0n) is 16.7.